The first-order valence-corrected chi connectivity index (χ1v) is 12.3. The largest absolute Gasteiger partial charge is 0.319 e. The monoisotopic (exact) mass is 608 g/mol. The molecular formula is C24H22FIN4O4S. The lowest BCUT2D eigenvalue weighted by atomic mass is 10.0. The molecule has 0 heterocycles. The lowest BCUT2D eigenvalue weighted by Crippen LogP contribution is -2.20. The number of nitrogens with two attached hydrogens (primary N) is 1. The van der Waals surface area contributed by atoms with Crippen molar-refractivity contribution in [3.8, 4) is 11.1 Å². The molecule has 8 nitrogen and oxygen atoms in total. The molecule has 0 spiro atoms. The number of aliphatic imine (C=N–C) groups is 1. The Morgan fingerprint density at radius 3 is 2.49 bits per heavy atom. The van der Waals surface area contributed by atoms with Gasteiger partial charge >= 0.3 is 0 Å². The Hall–Kier alpha value is -2.97. The zero-order valence-corrected chi connectivity index (χ0v) is 21.7. The van der Waals surface area contributed by atoms with Crippen molar-refractivity contribution in [1.29, 1.82) is 0 Å². The van der Waals surface area contributed by atoms with E-state index in [4.69, 9.17) is 5.90 Å². The summed E-state index contributed by atoms with van der Waals surface area (Å²) in [6.45, 7) is 1.49. The second-order valence-electron chi connectivity index (χ2n) is 7.18. The molecule has 1 unspecified atom stereocenters. The maximum Gasteiger partial charge on any atom is 0.284 e. The number of hydrogen-bond acceptors (Lipinski definition) is 6. The van der Waals surface area contributed by atoms with Gasteiger partial charge in [-0.05, 0) is 70.5 Å². The molecule has 3 aromatic rings. The van der Waals surface area contributed by atoms with Gasteiger partial charge in [-0.1, -0.05) is 42.5 Å². The van der Waals surface area contributed by atoms with Crippen molar-refractivity contribution in [2.45, 2.75) is 11.8 Å². The summed E-state index contributed by atoms with van der Waals surface area (Å²) in [5.41, 5.74) is 4.90. The average molecular weight is 608 g/mol. The van der Waals surface area contributed by atoms with Crippen LogP contribution in [0.15, 0.2) is 82.4 Å². The summed E-state index contributed by atoms with van der Waals surface area (Å²) in [4.78, 5) is 17.0. The predicted molar refractivity (Wildman–Crippen MR) is 142 cm³/mol. The van der Waals surface area contributed by atoms with E-state index in [0.29, 0.717) is 30.8 Å². The van der Waals surface area contributed by atoms with Gasteiger partial charge in [0.2, 0.25) is 11.1 Å². The fourth-order valence-corrected chi connectivity index (χ4v) is 4.61. The van der Waals surface area contributed by atoms with Crippen molar-refractivity contribution >= 4 is 56.7 Å². The van der Waals surface area contributed by atoms with Crippen LogP contribution in [0.2, 0.25) is 0 Å². The molecule has 182 valence electrons. The Balaban J connectivity index is 1.86. The van der Waals surface area contributed by atoms with Crippen LogP contribution in [0.1, 0.15) is 18.1 Å². The van der Waals surface area contributed by atoms with Crippen LogP contribution >= 0.6 is 22.6 Å². The highest BCUT2D eigenvalue weighted by molar-refractivity contribution is 14.1. The van der Waals surface area contributed by atoms with Crippen LogP contribution in [0, 0.1) is 3.57 Å². The molecular weight excluding hydrogens is 586 g/mol. The summed E-state index contributed by atoms with van der Waals surface area (Å²) in [6, 6.07) is 18.7. The number of nitrogens with one attached hydrogen (secondary N) is 2. The first-order chi connectivity index (χ1) is 16.8. The minimum atomic E-state index is -1.83. The van der Waals surface area contributed by atoms with Crippen molar-refractivity contribution in [3.63, 3.8) is 0 Å². The quantitative estimate of drug-likeness (QED) is 0.102. The number of amides is 1. The third-order valence-electron chi connectivity index (χ3n) is 5.11. The summed E-state index contributed by atoms with van der Waals surface area (Å²) in [5.74, 6) is 3.44. The summed E-state index contributed by atoms with van der Waals surface area (Å²) in [7, 11) is 1.50. The van der Waals surface area contributed by atoms with E-state index < -0.39 is 22.8 Å². The lowest BCUT2D eigenvalue weighted by Gasteiger charge is -2.12. The molecule has 11 heteroatoms. The van der Waals surface area contributed by atoms with E-state index in [1.165, 1.54) is 14.0 Å². The predicted octanol–water partition coefficient (Wildman–Crippen LogP) is 4.57. The zero-order chi connectivity index (χ0) is 25.5. The van der Waals surface area contributed by atoms with Crippen molar-refractivity contribution in [2.24, 2.45) is 10.9 Å². The van der Waals surface area contributed by atoms with E-state index in [9.17, 15) is 14.2 Å². The molecule has 0 aliphatic carbocycles. The molecule has 0 aliphatic rings. The van der Waals surface area contributed by atoms with Crippen molar-refractivity contribution in [2.75, 3.05) is 12.4 Å². The van der Waals surface area contributed by atoms with Crippen molar-refractivity contribution in [1.82, 2.24) is 5.48 Å². The summed E-state index contributed by atoms with van der Waals surface area (Å²) >= 11 is 0.193. The number of carbonyl (C=O) groups is 1. The Labute approximate surface area is 217 Å². The second-order valence-corrected chi connectivity index (χ2v) is 9.44. The SMILES string of the molecule is CN=C(NO)c1cccc(C(C)=C(F)C(=O)Nc2ccc(-c3ccccc3S(=O)ON)cc2I)c1. The molecule has 0 aliphatic heterocycles. The second kappa shape index (κ2) is 12.1. The van der Waals surface area contributed by atoms with Gasteiger partial charge < -0.3 is 5.32 Å². The fraction of sp³-hybridized carbons (Fsp3) is 0.0833. The number of carbonyl (C=O) groups excluding carboxylic acids is 1. The summed E-state index contributed by atoms with van der Waals surface area (Å²) < 4.78 is 32.2. The molecule has 3 aromatic carbocycles. The topological polar surface area (TPSA) is 126 Å². The van der Waals surface area contributed by atoms with Crippen LogP contribution in [-0.4, -0.2) is 28.2 Å². The number of rotatable bonds is 7. The minimum absolute atomic E-state index is 0.127. The molecule has 0 bridgehead atoms. The van der Waals surface area contributed by atoms with E-state index in [0.717, 1.165) is 5.56 Å². The molecule has 35 heavy (non-hydrogen) atoms. The van der Waals surface area contributed by atoms with Gasteiger partial charge in [-0.3, -0.25) is 20.5 Å². The number of nitrogens with zero attached hydrogens (tertiary/aromatic N) is 1. The first-order valence-electron chi connectivity index (χ1n) is 10.1. The number of benzene rings is 3. The molecule has 1 atom stereocenters. The highest BCUT2D eigenvalue weighted by atomic mass is 127. The van der Waals surface area contributed by atoms with Crippen LogP contribution in [0.25, 0.3) is 16.7 Å². The molecule has 3 rings (SSSR count). The zero-order valence-electron chi connectivity index (χ0n) is 18.7. The maximum absolute atomic E-state index is 15.0. The van der Waals surface area contributed by atoms with Crippen molar-refractivity contribution in [3.05, 3.63) is 87.3 Å². The standard InChI is InChI=1S/C24H22FIN4O4S/c1-14(15-6-5-7-17(12-15)23(28-2)30-32)22(25)24(31)29-20-11-10-16(13-19(20)26)18-8-3-4-9-21(18)35(33)34-27/h3-13,32H,27H2,1-2H3,(H,28,30)(H,29,31). The average Bonchev–Trinajstić information content (AvgIpc) is 2.89. The van der Waals surface area contributed by atoms with Crippen LogP contribution in [-0.2, 0) is 20.2 Å². The summed E-state index contributed by atoms with van der Waals surface area (Å²) in [6.07, 6.45) is 0. The Morgan fingerprint density at radius 2 is 1.83 bits per heavy atom. The lowest BCUT2D eigenvalue weighted by molar-refractivity contribution is -0.114. The van der Waals surface area contributed by atoms with Gasteiger partial charge in [0.15, 0.2) is 11.7 Å². The number of allylic oxidation sites excluding steroid dienone is 1. The molecule has 5 N–H and O–H groups in total. The number of anilines is 1. The van der Waals surface area contributed by atoms with Gasteiger partial charge in [0.1, 0.15) is 0 Å². The third-order valence-corrected chi connectivity index (χ3v) is 6.89. The van der Waals surface area contributed by atoms with Gasteiger partial charge in [0, 0.05) is 21.7 Å². The summed E-state index contributed by atoms with van der Waals surface area (Å²) in [5, 5.41) is 11.8. The normalized spacial score (nSPS) is 13.1. The van der Waals surface area contributed by atoms with E-state index in [1.54, 1.807) is 66.7 Å². The molecule has 0 saturated carbocycles. The minimum Gasteiger partial charge on any atom is -0.319 e. The number of hydroxylamine groups is 1. The van der Waals surface area contributed by atoms with E-state index in [-0.39, 0.29) is 11.4 Å². The Kier molecular flexibility index (Phi) is 9.23. The molecule has 0 fully saturated rings. The van der Waals surface area contributed by atoms with Gasteiger partial charge in [0.05, 0.1) is 10.6 Å². The van der Waals surface area contributed by atoms with Crippen molar-refractivity contribution < 1.29 is 22.9 Å². The Morgan fingerprint density at radius 1 is 1.11 bits per heavy atom. The van der Waals surface area contributed by atoms with Crippen LogP contribution in [0.3, 0.4) is 0 Å². The van der Waals surface area contributed by atoms with Gasteiger partial charge in [-0.2, -0.15) is 10.2 Å². The van der Waals surface area contributed by atoms with Gasteiger partial charge in [-0.25, -0.2) is 8.60 Å². The molecule has 1 amide bonds. The number of hydrogen-bond donors (Lipinski definition) is 4. The van der Waals surface area contributed by atoms with Crippen LogP contribution in [0.4, 0.5) is 10.1 Å². The first kappa shape index (κ1) is 26.6. The van der Waals surface area contributed by atoms with Gasteiger partial charge in [-0.15, -0.1) is 0 Å². The highest BCUT2D eigenvalue weighted by Crippen LogP contribution is 2.31. The molecule has 0 aromatic heterocycles. The Bertz CT molecular complexity index is 1350. The van der Waals surface area contributed by atoms with E-state index >= 15 is 4.39 Å². The highest BCUT2D eigenvalue weighted by Gasteiger charge is 2.17. The fourth-order valence-electron chi connectivity index (χ4n) is 3.30. The molecule has 0 radical (unpaired) electrons. The molecule has 0 saturated heterocycles. The number of halogens is 2. The van der Waals surface area contributed by atoms with Crippen LogP contribution < -0.4 is 16.7 Å². The number of amidine groups is 1. The van der Waals surface area contributed by atoms with Crippen LogP contribution in [0.5, 0.6) is 0 Å². The van der Waals surface area contributed by atoms with E-state index in [2.05, 4.69) is 14.6 Å². The van der Waals surface area contributed by atoms with Gasteiger partial charge in [0.25, 0.3) is 5.91 Å². The smallest absolute Gasteiger partial charge is 0.284 e. The van der Waals surface area contributed by atoms with E-state index in [1.807, 2.05) is 28.1 Å². The maximum atomic E-state index is 15.0. The third kappa shape index (κ3) is 6.18.